The Morgan fingerprint density at radius 2 is 2.11 bits per heavy atom. The molecule has 0 radical (unpaired) electrons. The summed E-state index contributed by atoms with van der Waals surface area (Å²) >= 11 is 0. The van der Waals surface area contributed by atoms with Crippen molar-refractivity contribution in [1.29, 1.82) is 0 Å². The summed E-state index contributed by atoms with van der Waals surface area (Å²) in [5.41, 5.74) is -0.104. The van der Waals surface area contributed by atoms with Gasteiger partial charge in [-0.2, -0.15) is 0 Å². The third-order valence-electron chi connectivity index (χ3n) is 4.56. The van der Waals surface area contributed by atoms with E-state index < -0.39 is 0 Å². The van der Waals surface area contributed by atoms with Crippen molar-refractivity contribution in [1.82, 2.24) is 5.32 Å². The van der Waals surface area contributed by atoms with Crippen molar-refractivity contribution < 1.29 is 14.6 Å². The lowest BCUT2D eigenvalue weighted by Gasteiger charge is -2.40. The fourth-order valence-electron chi connectivity index (χ4n) is 3.37. The number of likely N-dealkylation sites (N-methyl/N-ethyl adjacent to an activating group) is 1. The van der Waals surface area contributed by atoms with Crippen LogP contribution in [0.3, 0.4) is 0 Å². The Labute approximate surface area is 116 Å². The molecule has 112 valence electrons. The second kappa shape index (κ2) is 7.58. The Hall–Kier alpha value is -0.160. The first-order chi connectivity index (χ1) is 9.28. The molecule has 2 aliphatic rings. The highest BCUT2D eigenvalue weighted by atomic mass is 16.5. The van der Waals surface area contributed by atoms with Crippen molar-refractivity contribution in [2.24, 2.45) is 5.92 Å². The molecule has 0 bridgehead atoms. The number of hydrogen-bond acceptors (Lipinski definition) is 4. The summed E-state index contributed by atoms with van der Waals surface area (Å²) in [5, 5.41) is 13.1. The lowest BCUT2D eigenvalue weighted by atomic mass is 9.80. The maximum Gasteiger partial charge on any atom is 0.0614 e. The number of ether oxygens (including phenoxy) is 2. The molecule has 2 rings (SSSR count). The van der Waals surface area contributed by atoms with Gasteiger partial charge in [0.05, 0.1) is 12.7 Å². The Balaban J connectivity index is 1.76. The van der Waals surface area contributed by atoms with Gasteiger partial charge in [0.15, 0.2) is 0 Å². The predicted octanol–water partition coefficient (Wildman–Crippen LogP) is 1.71. The maximum atomic E-state index is 9.67. The van der Waals surface area contributed by atoms with E-state index >= 15 is 0 Å². The van der Waals surface area contributed by atoms with E-state index in [1.54, 1.807) is 0 Å². The Morgan fingerprint density at radius 1 is 1.32 bits per heavy atom. The van der Waals surface area contributed by atoms with E-state index in [2.05, 4.69) is 12.2 Å². The van der Waals surface area contributed by atoms with E-state index in [9.17, 15) is 5.11 Å². The third kappa shape index (κ3) is 4.42. The van der Waals surface area contributed by atoms with Gasteiger partial charge in [-0.25, -0.2) is 0 Å². The van der Waals surface area contributed by atoms with Gasteiger partial charge in [0.25, 0.3) is 0 Å². The zero-order chi connectivity index (χ0) is 13.6. The molecule has 2 atom stereocenters. The first-order valence-corrected chi connectivity index (χ1v) is 7.83. The molecular formula is C15H29NO3. The normalized spacial score (nSPS) is 33.5. The van der Waals surface area contributed by atoms with Gasteiger partial charge in [-0.3, -0.25) is 0 Å². The van der Waals surface area contributed by atoms with E-state index in [4.69, 9.17) is 9.47 Å². The molecule has 1 aliphatic heterocycles. The fraction of sp³-hybridized carbons (Fsp3) is 1.00. The largest absolute Gasteiger partial charge is 0.394 e. The highest BCUT2D eigenvalue weighted by molar-refractivity contribution is 4.93. The molecule has 0 spiro atoms. The van der Waals surface area contributed by atoms with Gasteiger partial charge in [-0.05, 0) is 51.0 Å². The van der Waals surface area contributed by atoms with Crippen LogP contribution in [-0.2, 0) is 9.47 Å². The molecule has 19 heavy (non-hydrogen) atoms. The zero-order valence-electron chi connectivity index (χ0n) is 12.2. The molecule has 0 aromatic heterocycles. The summed E-state index contributed by atoms with van der Waals surface area (Å²) in [6, 6.07) is 0. The van der Waals surface area contributed by atoms with Crippen molar-refractivity contribution in [3.05, 3.63) is 0 Å². The van der Waals surface area contributed by atoms with Crippen molar-refractivity contribution >= 4 is 0 Å². The van der Waals surface area contributed by atoms with Gasteiger partial charge in [0.2, 0.25) is 0 Å². The van der Waals surface area contributed by atoms with Crippen LogP contribution in [0.15, 0.2) is 0 Å². The molecule has 1 heterocycles. The van der Waals surface area contributed by atoms with Gasteiger partial charge >= 0.3 is 0 Å². The molecule has 1 saturated heterocycles. The molecule has 1 saturated carbocycles. The van der Waals surface area contributed by atoms with E-state index in [-0.39, 0.29) is 12.1 Å². The summed E-state index contributed by atoms with van der Waals surface area (Å²) in [5.74, 6) is 0.665. The number of aliphatic hydroxyl groups is 1. The number of nitrogens with one attached hydrogen (secondary N) is 1. The second-order valence-electron chi connectivity index (χ2n) is 6.08. The summed E-state index contributed by atoms with van der Waals surface area (Å²) in [6.45, 7) is 5.87. The number of aliphatic hydroxyl groups excluding tert-OH is 1. The molecular weight excluding hydrogens is 242 g/mol. The summed E-state index contributed by atoms with van der Waals surface area (Å²) in [6.07, 6.45) is 6.86. The minimum absolute atomic E-state index is 0.104. The smallest absolute Gasteiger partial charge is 0.0614 e. The van der Waals surface area contributed by atoms with Crippen molar-refractivity contribution in [3.63, 3.8) is 0 Å². The molecule has 2 fully saturated rings. The first kappa shape index (κ1) is 15.2. The van der Waals surface area contributed by atoms with E-state index in [0.717, 1.165) is 64.9 Å². The molecule has 0 amide bonds. The van der Waals surface area contributed by atoms with Crippen LogP contribution in [0.2, 0.25) is 0 Å². The summed E-state index contributed by atoms with van der Waals surface area (Å²) in [7, 11) is 0. The Kier molecular flexibility index (Phi) is 6.07. The van der Waals surface area contributed by atoms with Gasteiger partial charge < -0.3 is 19.9 Å². The van der Waals surface area contributed by atoms with Crippen LogP contribution < -0.4 is 5.32 Å². The molecule has 0 aromatic rings. The van der Waals surface area contributed by atoms with Gasteiger partial charge in [0.1, 0.15) is 0 Å². The fourth-order valence-corrected chi connectivity index (χ4v) is 3.37. The van der Waals surface area contributed by atoms with Gasteiger partial charge in [0, 0.05) is 25.4 Å². The highest BCUT2D eigenvalue weighted by Crippen LogP contribution is 2.30. The predicted molar refractivity (Wildman–Crippen MR) is 75.2 cm³/mol. The minimum Gasteiger partial charge on any atom is -0.394 e. The SMILES string of the molecule is CCNC1(CO)CCCC(OCC2CCOCC2)C1. The average molecular weight is 271 g/mol. The van der Waals surface area contributed by atoms with Crippen LogP contribution in [0.25, 0.3) is 0 Å². The minimum atomic E-state index is -0.104. The summed E-state index contributed by atoms with van der Waals surface area (Å²) < 4.78 is 11.5. The lowest BCUT2D eigenvalue weighted by Crippen LogP contribution is -2.53. The summed E-state index contributed by atoms with van der Waals surface area (Å²) in [4.78, 5) is 0. The van der Waals surface area contributed by atoms with Crippen LogP contribution in [0.4, 0.5) is 0 Å². The van der Waals surface area contributed by atoms with E-state index in [1.165, 1.54) is 0 Å². The van der Waals surface area contributed by atoms with E-state index in [0.29, 0.717) is 12.0 Å². The monoisotopic (exact) mass is 271 g/mol. The van der Waals surface area contributed by atoms with Crippen LogP contribution in [0.1, 0.15) is 45.4 Å². The average Bonchev–Trinajstić information content (AvgIpc) is 2.47. The topological polar surface area (TPSA) is 50.7 Å². The zero-order valence-corrected chi connectivity index (χ0v) is 12.2. The number of rotatable bonds is 6. The molecule has 4 nitrogen and oxygen atoms in total. The van der Waals surface area contributed by atoms with Crippen molar-refractivity contribution in [2.45, 2.75) is 57.1 Å². The molecule has 4 heteroatoms. The number of hydrogen-bond donors (Lipinski definition) is 2. The molecule has 2 unspecified atom stereocenters. The third-order valence-corrected chi connectivity index (χ3v) is 4.56. The first-order valence-electron chi connectivity index (χ1n) is 7.83. The van der Waals surface area contributed by atoms with Crippen LogP contribution >= 0.6 is 0 Å². The Bertz CT molecular complexity index is 252. The standard InChI is InChI=1S/C15H29NO3/c1-2-16-15(12-17)7-3-4-14(10-15)19-11-13-5-8-18-9-6-13/h13-14,16-17H,2-12H2,1H3. The van der Waals surface area contributed by atoms with Crippen molar-refractivity contribution in [2.75, 3.05) is 33.0 Å². The van der Waals surface area contributed by atoms with Crippen molar-refractivity contribution in [3.8, 4) is 0 Å². The van der Waals surface area contributed by atoms with Gasteiger partial charge in [-0.15, -0.1) is 0 Å². The molecule has 2 N–H and O–H groups in total. The molecule has 1 aliphatic carbocycles. The molecule has 0 aromatic carbocycles. The Morgan fingerprint density at radius 3 is 2.79 bits per heavy atom. The van der Waals surface area contributed by atoms with Crippen LogP contribution in [0, 0.1) is 5.92 Å². The maximum absolute atomic E-state index is 9.67. The van der Waals surface area contributed by atoms with Crippen LogP contribution in [-0.4, -0.2) is 49.7 Å². The highest BCUT2D eigenvalue weighted by Gasteiger charge is 2.35. The van der Waals surface area contributed by atoms with Crippen LogP contribution in [0.5, 0.6) is 0 Å². The van der Waals surface area contributed by atoms with Gasteiger partial charge in [-0.1, -0.05) is 6.92 Å². The quantitative estimate of drug-likeness (QED) is 0.772. The second-order valence-corrected chi connectivity index (χ2v) is 6.08. The van der Waals surface area contributed by atoms with E-state index in [1.807, 2.05) is 0 Å². The lowest BCUT2D eigenvalue weighted by molar-refractivity contribution is -0.0456.